The molecule has 2 aliphatic carbocycles. The van der Waals surface area contributed by atoms with Gasteiger partial charge >= 0.3 is 23.9 Å². The molecular weight excluding hydrogens is 296 g/mol. The predicted molar refractivity (Wildman–Crippen MR) is 67.2 cm³/mol. The molecule has 0 aromatic heterocycles. The average molecular weight is 310 g/mol. The zero-order chi connectivity index (χ0) is 16.1. The van der Waals surface area contributed by atoms with Crippen LogP contribution >= 0.6 is 0 Å². The van der Waals surface area contributed by atoms with Crippen LogP contribution in [0.2, 0.25) is 0 Å². The summed E-state index contributed by atoms with van der Waals surface area (Å²) in [5.41, 5.74) is -1.49. The van der Waals surface area contributed by atoms with Crippen LogP contribution in [-0.4, -0.2) is 47.8 Å². The minimum absolute atomic E-state index is 0.104. The van der Waals surface area contributed by atoms with Crippen LogP contribution in [0.3, 0.4) is 0 Å². The molecule has 0 aromatic rings. The van der Waals surface area contributed by atoms with Crippen molar-refractivity contribution in [3.8, 4) is 0 Å². The van der Waals surface area contributed by atoms with Gasteiger partial charge in [0.1, 0.15) is 12.2 Å². The van der Waals surface area contributed by atoms with E-state index < -0.39 is 54.0 Å². The Morgan fingerprint density at radius 3 is 2.82 bits per heavy atom. The van der Waals surface area contributed by atoms with E-state index in [1.165, 1.54) is 0 Å². The van der Waals surface area contributed by atoms with E-state index in [1.807, 2.05) is 0 Å². The highest BCUT2D eigenvalue weighted by Crippen LogP contribution is 2.62. The molecule has 0 radical (unpaired) electrons. The fraction of sp³-hybridized carbons (Fsp3) is 0.571. The smallest absolute Gasteiger partial charge is 0.344 e. The molecule has 8 heteroatoms. The molecule has 3 rings (SSSR count). The van der Waals surface area contributed by atoms with E-state index in [1.54, 1.807) is 0 Å². The molecule has 1 heterocycles. The highest BCUT2D eigenvalue weighted by atomic mass is 16.6. The quantitative estimate of drug-likeness (QED) is 0.317. The number of ether oxygens (including phenoxy) is 3. The Morgan fingerprint density at radius 2 is 2.18 bits per heavy atom. The van der Waals surface area contributed by atoms with E-state index in [4.69, 9.17) is 9.47 Å². The highest BCUT2D eigenvalue weighted by molar-refractivity contribution is 6.02. The van der Waals surface area contributed by atoms with E-state index in [2.05, 4.69) is 11.3 Å². The SMILES string of the molecule is C=CC(=O)OCC(=O)OC1C2CC3C1OC(=O)C3(C(=O)O)C2. The zero-order valence-corrected chi connectivity index (χ0v) is 11.5. The lowest BCUT2D eigenvalue weighted by molar-refractivity contribution is -0.168. The Balaban J connectivity index is 1.67. The lowest BCUT2D eigenvalue weighted by atomic mass is 9.73. The third-order valence-electron chi connectivity index (χ3n) is 4.71. The van der Waals surface area contributed by atoms with E-state index in [0.717, 1.165) is 6.08 Å². The molecule has 0 amide bonds. The van der Waals surface area contributed by atoms with Crippen molar-refractivity contribution in [2.45, 2.75) is 25.0 Å². The molecule has 8 nitrogen and oxygen atoms in total. The lowest BCUT2D eigenvalue weighted by Gasteiger charge is -2.28. The van der Waals surface area contributed by atoms with Crippen molar-refractivity contribution in [1.29, 1.82) is 0 Å². The molecule has 1 saturated heterocycles. The number of carboxylic acids is 1. The number of hydrogen-bond donors (Lipinski definition) is 1. The maximum atomic E-state index is 11.9. The number of carbonyl (C=O) groups excluding carboxylic acids is 3. The number of fused-ring (bicyclic) bond motifs is 1. The first-order chi connectivity index (χ1) is 10.4. The Kier molecular flexibility index (Phi) is 3.19. The Hall–Kier alpha value is -2.38. The number of esters is 3. The Labute approximate surface area is 125 Å². The second-order valence-electron chi connectivity index (χ2n) is 5.72. The summed E-state index contributed by atoms with van der Waals surface area (Å²) in [7, 11) is 0. The zero-order valence-electron chi connectivity index (χ0n) is 11.5. The van der Waals surface area contributed by atoms with Gasteiger partial charge in [-0.25, -0.2) is 9.59 Å². The molecule has 22 heavy (non-hydrogen) atoms. The van der Waals surface area contributed by atoms with Crippen molar-refractivity contribution in [1.82, 2.24) is 0 Å². The molecule has 0 spiro atoms. The van der Waals surface area contributed by atoms with Crippen LogP contribution in [-0.2, 0) is 33.4 Å². The fourth-order valence-corrected chi connectivity index (χ4v) is 3.82. The maximum absolute atomic E-state index is 11.9. The minimum Gasteiger partial charge on any atom is -0.480 e. The van der Waals surface area contributed by atoms with Crippen LogP contribution in [0.1, 0.15) is 12.8 Å². The minimum atomic E-state index is -1.49. The average Bonchev–Trinajstić information content (AvgIpc) is 3.07. The lowest BCUT2D eigenvalue weighted by Crippen LogP contribution is -2.44. The van der Waals surface area contributed by atoms with Gasteiger partial charge in [-0.2, -0.15) is 0 Å². The molecule has 5 atom stereocenters. The van der Waals surface area contributed by atoms with E-state index in [0.29, 0.717) is 6.42 Å². The molecule has 5 unspecified atom stereocenters. The molecule has 118 valence electrons. The van der Waals surface area contributed by atoms with Gasteiger partial charge in [0.15, 0.2) is 12.0 Å². The van der Waals surface area contributed by atoms with Crippen molar-refractivity contribution in [2.24, 2.45) is 17.3 Å². The van der Waals surface area contributed by atoms with Gasteiger partial charge in [0.2, 0.25) is 0 Å². The van der Waals surface area contributed by atoms with E-state index >= 15 is 0 Å². The third-order valence-corrected chi connectivity index (χ3v) is 4.71. The van der Waals surface area contributed by atoms with Crippen molar-refractivity contribution < 1.29 is 38.5 Å². The first-order valence-corrected chi connectivity index (χ1v) is 6.83. The highest BCUT2D eigenvalue weighted by Gasteiger charge is 2.75. The van der Waals surface area contributed by atoms with Gasteiger partial charge in [-0.05, 0) is 12.8 Å². The summed E-state index contributed by atoms with van der Waals surface area (Å²) in [4.78, 5) is 45.9. The van der Waals surface area contributed by atoms with Gasteiger partial charge in [-0.3, -0.25) is 9.59 Å². The van der Waals surface area contributed by atoms with Crippen molar-refractivity contribution in [3.05, 3.63) is 12.7 Å². The number of hydrogen-bond acceptors (Lipinski definition) is 7. The molecular formula is C14H14O8. The van der Waals surface area contributed by atoms with Gasteiger partial charge in [-0.15, -0.1) is 0 Å². The van der Waals surface area contributed by atoms with Gasteiger partial charge in [0.25, 0.3) is 0 Å². The van der Waals surface area contributed by atoms with Gasteiger partial charge in [0, 0.05) is 17.9 Å². The first-order valence-electron chi connectivity index (χ1n) is 6.83. The molecule has 3 fully saturated rings. The summed E-state index contributed by atoms with van der Waals surface area (Å²) in [6, 6.07) is 0. The summed E-state index contributed by atoms with van der Waals surface area (Å²) in [5.74, 6) is -4.17. The van der Waals surface area contributed by atoms with Crippen LogP contribution in [0, 0.1) is 17.3 Å². The molecule has 2 bridgehead atoms. The monoisotopic (exact) mass is 310 g/mol. The first kappa shape index (κ1) is 14.6. The summed E-state index contributed by atoms with van der Waals surface area (Å²) < 4.78 is 14.9. The largest absolute Gasteiger partial charge is 0.480 e. The third kappa shape index (κ3) is 1.83. The maximum Gasteiger partial charge on any atom is 0.344 e. The van der Waals surface area contributed by atoms with Gasteiger partial charge < -0.3 is 19.3 Å². The molecule has 2 saturated carbocycles. The summed E-state index contributed by atoms with van der Waals surface area (Å²) in [5, 5.41) is 9.35. The number of aliphatic carboxylic acids is 1. The van der Waals surface area contributed by atoms with Gasteiger partial charge in [0.05, 0.1) is 0 Å². The molecule has 0 aromatic carbocycles. The van der Waals surface area contributed by atoms with Crippen molar-refractivity contribution in [2.75, 3.05) is 6.61 Å². The van der Waals surface area contributed by atoms with Crippen LogP contribution in [0.5, 0.6) is 0 Å². The molecule has 1 aliphatic heterocycles. The summed E-state index contributed by atoms with van der Waals surface area (Å²) >= 11 is 0. The Morgan fingerprint density at radius 1 is 1.45 bits per heavy atom. The van der Waals surface area contributed by atoms with Crippen molar-refractivity contribution >= 4 is 23.9 Å². The summed E-state index contributed by atoms with van der Waals surface area (Å²) in [6.07, 6.45) is 0.0742. The van der Waals surface area contributed by atoms with Crippen LogP contribution < -0.4 is 0 Å². The normalized spacial score (nSPS) is 37.5. The van der Waals surface area contributed by atoms with E-state index in [-0.39, 0.29) is 12.3 Å². The summed E-state index contributed by atoms with van der Waals surface area (Å²) in [6.45, 7) is 2.63. The topological polar surface area (TPSA) is 116 Å². The number of rotatable bonds is 5. The second-order valence-corrected chi connectivity index (χ2v) is 5.72. The number of carboxylic acid groups (broad SMARTS) is 1. The van der Waals surface area contributed by atoms with E-state index in [9.17, 15) is 24.3 Å². The Bertz CT molecular complexity index is 581. The fourth-order valence-electron chi connectivity index (χ4n) is 3.82. The van der Waals surface area contributed by atoms with Crippen molar-refractivity contribution in [3.63, 3.8) is 0 Å². The predicted octanol–water partition coefficient (Wildman–Crippen LogP) is -0.336. The molecule has 1 N–H and O–H groups in total. The second kappa shape index (κ2) is 4.82. The van der Waals surface area contributed by atoms with Crippen LogP contribution in [0.15, 0.2) is 12.7 Å². The van der Waals surface area contributed by atoms with Gasteiger partial charge in [-0.1, -0.05) is 6.58 Å². The standard InChI is InChI=1S/C14H14O8/c1-2-8(15)20-5-9(16)21-10-6-3-7-11(10)22-13(19)14(7,4-6)12(17)18/h2,6-7,10-11H,1,3-5H2,(H,17,18). The molecule has 3 aliphatic rings. The van der Waals surface area contributed by atoms with Crippen LogP contribution in [0.25, 0.3) is 0 Å². The number of carbonyl (C=O) groups is 4. The van der Waals surface area contributed by atoms with Crippen LogP contribution in [0.4, 0.5) is 0 Å².